The SMILES string of the molecule is CCc1ccc2c(COC(=O)c3ccc(NC4CC4)c([N+](=O)[O-])c3)cc(=O)oc2c1. The Morgan fingerprint density at radius 1 is 1.23 bits per heavy atom. The molecule has 30 heavy (non-hydrogen) atoms. The number of carbonyl (C=O) groups excluding carboxylic acids is 1. The molecule has 0 saturated heterocycles. The van der Waals surface area contributed by atoms with Crippen molar-refractivity contribution in [3.8, 4) is 0 Å². The first-order chi connectivity index (χ1) is 14.4. The molecule has 0 radical (unpaired) electrons. The molecule has 0 amide bonds. The van der Waals surface area contributed by atoms with Crippen LogP contribution in [-0.4, -0.2) is 16.9 Å². The van der Waals surface area contributed by atoms with Crippen molar-refractivity contribution in [2.75, 3.05) is 5.32 Å². The lowest BCUT2D eigenvalue weighted by Crippen LogP contribution is -2.10. The number of nitro groups is 1. The number of carbonyl (C=O) groups is 1. The highest BCUT2D eigenvalue weighted by Crippen LogP contribution is 2.31. The van der Waals surface area contributed by atoms with E-state index >= 15 is 0 Å². The van der Waals surface area contributed by atoms with Gasteiger partial charge in [0.2, 0.25) is 0 Å². The Morgan fingerprint density at radius 2 is 2.03 bits per heavy atom. The molecular formula is C22H20N2O6. The van der Waals surface area contributed by atoms with Crippen molar-refractivity contribution in [1.82, 2.24) is 0 Å². The van der Waals surface area contributed by atoms with E-state index in [-0.39, 0.29) is 23.9 Å². The van der Waals surface area contributed by atoms with Crippen molar-refractivity contribution in [2.45, 2.75) is 38.8 Å². The Morgan fingerprint density at radius 3 is 2.73 bits per heavy atom. The summed E-state index contributed by atoms with van der Waals surface area (Å²) in [6.45, 7) is 1.85. The van der Waals surface area contributed by atoms with E-state index in [0.717, 1.165) is 24.8 Å². The van der Waals surface area contributed by atoms with Crippen molar-refractivity contribution in [1.29, 1.82) is 0 Å². The molecule has 1 aromatic heterocycles. The number of ether oxygens (including phenoxy) is 1. The molecule has 1 aliphatic carbocycles. The number of nitrogens with one attached hydrogen (secondary N) is 1. The second kappa shape index (κ2) is 7.98. The van der Waals surface area contributed by atoms with Gasteiger partial charge in [-0.2, -0.15) is 0 Å². The van der Waals surface area contributed by atoms with Crippen molar-refractivity contribution >= 4 is 28.3 Å². The normalized spacial score (nSPS) is 13.2. The molecular weight excluding hydrogens is 388 g/mol. The van der Waals surface area contributed by atoms with Gasteiger partial charge in [-0.25, -0.2) is 9.59 Å². The monoisotopic (exact) mass is 408 g/mol. The average molecular weight is 408 g/mol. The van der Waals surface area contributed by atoms with Gasteiger partial charge in [0.1, 0.15) is 17.9 Å². The summed E-state index contributed by atoms with van der Waals surface area (Å²) in [5, 5.41) is 15.1. The summed E-state index contributed by atoms with van der Waals surface area (Å²) < 4.78 is 10.6. The number of hydrogen-bond acceptors (Lipinski definition) is 7. The number of nitrogens with zero attached hydrogens (tertiary/aromatic N) is 1. The molecule has 3 aromatic rings. The van der Waals surface area contributed by atoms with Crippen molar-refractivity contribution < 1.29 is 18.9 Å². The summed E-state index contributed by atoms with van der Waals surface area (Å²) in [7, 11) is 0. The third-order valence-electron chi connectivity index (χ3n) is 5.03. The number of fused-ring (bicyclic) bond motifs is 1. The topological polar surface area (TPSA) is 112 Å². The largest absolute Gasteiger partial charge is 0.457 e. The Bertz CT molecular complexity index is 1200. The van der Waals surface area contributed by atoms with Crippen LogP contribution in [0.25, 0.3) is 11.0 Å². The molecule has 1 heterocycles. The first-order valence-electron chi connectivity index (χ1n) is 9.72. The van der Waals surface area contributed by atoms with Crippen LogP contribution in [0.3, 0.4) is 0 Å². The fourth-order valence-corrected chi connectivity index (χ4v) is 3.22. The molecule has 0 aliphatic heterocycles. The van der Waals surface area contributed by atoms with Gasteiger partial charge in [0.25, 0.3) is 5.69 Å². The smallest absolute Gasteiger partial charge is 0.338 e. The second-order valence-corrected chi connectivity index (χ2v) is 7.26. The highest BCUT2D eigenvalue weighted by molar-refractivity contribution is 5.91. The van der Waals surface area contributed by atoms with Crippen molar-refractivity contribution in [2.24, 2.45) is 0 Å². The van der Waals surface area contributed by atoms with E-state index < -0.39 is 16.5 Å². The Labute approximate surface area is 171 Å². The number of esters is 1. The Hall–Kier alpha value is -3.68. The molecule has 0 atom stereocenters. The molecule has 0 unspecified atom stereocenters. The van der Waals surface area contributed by atoms with Gasteiger partial charge < -0.3 is 14.5 Å². The quantitative estimate of drug-likeness (QED) is 0.270. The summed E-state index contributed by atoms with van der Waals surface area (Å²) >= 11 is 0. The fourth-order valence-electron chi connectivity index (χ4n) is 3.22. The molecule has 1 N–H and O–H groups in total. The van der Waals surface area contributed by atoms with Crippen LogP contribution in [0.2, 0.25) is 0 Å². The number of benzene rings is 2. The Balaban J connectivity index is 1.55. The zero-order valence-electron chi connectivity index (χ0n) is 16.3. The minimum atomic E-state index is -0.706. The minimum Gasteiger partial charge on any atom is -0.457 e. The van der Waals surface area contributed by atoms with Crippen molar-refractivity contribution in [3.05, 3.63) is 79.7 Å². The van der Waals surface area contributed by atoms with Crippen LogP contribution in [0.1, 0.15) is 41.3 Å². The van der Waals surface area contributed by atoms with Crippen molar-refractivity contribution in [3.63, 3.8) is 0 Å². The van der Waals surface area contributed by atoms with Gasteiger partial charge in [-0.15, -0.1) is 0 Å². The third-order valence-corrected chi connectivity index (χ3v) is 5.03. The molecule has 154 valence electrons. The summed E-state index contributed by atoms with van der Waals surface area (Å²) in [6, 6.07) is 11.3. The maximum Gasteiger partial charge on any atom is 0.338 e. The van der Waals surface area contributed by atoms with Crippen LogP contribution in [0.5, 0.6) is 0 Å². The van der Waals surface area contributed by atoms with E-state index in [9.17, 15) is 19.7 Å². The summed E-state index contributed by atoms with van der Waals surface area (Å²) in [6.07, 6.45) is 2.74. The Kier molecular flexibility index (Phi) is 5.22. The van der Waals surface area contributed by atoms with Gasteiger partial charge in [-0.3, -0.25) is 10.1 Å². The molecule has 1 aliphatic rings. The van der Waals surface area contributed by atoms with Gasteiger partial charge in [-0.1, -0.05) is 19.1 Å². The van der Waals surface area contributed by atoms with E-state index in [2.05, 4.69) is 5.32 Å². The van der Waals surface area contributed by atoms with E-state index in [1.807, 2.05) is 19.1 Å². The van der Waals surface area contributed by atoms with E-state index in [1.54, 1.807) is 6.07 Å². The van der Waals surface area contributed by atoms with Gasteiger partial charge in [0.15, 0.2) is 0 Å². The summed E-state index contributed by atoms with van der Waals surface area (Å²) in [4.78, 5) is 35.2. The lowest BCUT2D eigenvalue weighted by Gasteiger charge is -2.09. The van der Waals surface area contributed by atoms with Crippen LogP contribution in [-0.2, 0) is 17.8 Å². The predicted octanol–water partition coefficient (Wildman–Crippen LogP) is 4.19. The van der Waals surface area contributed by atoms with Crippen LogP contribution < -0.4 is 10.9 Å². The second-order valence-electron chi connectivity index (χ2n) is 7.26. The number of aryl methyl sites for hydroxylation is 1. The molecule has 8 heteroatoms. The highest BCUT2D eigenvalue weighted by Gasteiger charge is 2.26. The van der Waals surface area contributed by atoms with Crippen LogP contribution in [0.15, 0.2) is 51.7 Å². The molecule has 4 rings (SSSR count). The maximum absolute atomic E-state index is 12.5. The highest BCUT2D eigenvalue weighted by atomic mass is 16.6. The zero-order chi connectivity index (χ0) is 21.3. The fraction of sp³-hybridized carbons (Fsp3) is 0.273. The van der Waals surface area contributed by atoms with E-state index in [1.165, 1.54) is 24.3 Å². The first kappa shape index (κ1) is 19.6. The first-order valence-corrected chi connectivity index (χ1v) is 9.72. The standard InChI is InChI=1S/C22H20N2O6/c1-2-13-3-7-17-15(11-21(25)30-20(17)9-13)12-29-22(26)14-4-8-18(23-16-5-6-16)19(10-14)24(27)28/h3-4,7-11,16,23H,2,5-6,12H2,1H3. The maximum atomic E-state index is 12.5. The van der Waals surface area contributed by atoms with Gasteiger partial charge >= 0.3 is 11.6 Å². The predicted molar refractivity (Wildman–Crippen MR) is 111 cm³/mol. The van der Waals surface area contributed by atoms with Gasteiger partial charge in [0, 0.05) is 29.1 Å². The van der Waals surface area contributed by atoms with E-state index in [0.29, 0.717) is 22.2 Å². The minimum absolute atomic E-state index is 0.0728. The molecule has 2 aromatic carbocycles. The van der Waals surface area contributed by atoms with E-state index in [4.69, 9.17) is 9.15 Å². The molecule has 0 spiro atoms. The average Bonchev–Trinajstić information content (AvgIpc) is 3.55. The molecule has 1 fully saturated rings. The van der Waals surface area contributed by atoms with Gasteiger partial charge in [-0.05, 0) is 43.0 Å². The molecule has 0 bridgehead atoms. The number of rotatable bonds is 7. The van der Waals surface area contributed by atoms with Crippen LogP contribution in [0, 0.1) is 10.1 Å². The number of nitro benzene ring substituents is 1. The number of hydrogen-bond donors (Lipinski definition) is 1. The van der Waals surface area contributed by atoms with Crippen LogP contribution >= 0.6 is 0 Å². The molecule has 1 saturated carbocycles. The molecule has 8 nitrogen and oxygen atoms in total. The summed E-state index contributed by atoms with van der Waals surface area (Å²) in [5.41, 5.74) is 1.72. The third kappa shape index (κ3) is 4.17. The number of anilines is 1. The summed E-state index contributed by atoms with van der Waals surface area (Å²) in [5.74, 6) is -0.706. The van der Waals surface area contributed by atoms with Crippen LogP contribution in [0.4, 0.5) is 11.4 Å². The van der Waals surface area contributed by atoms with Gasteiger partial charge in [0.05, 0.1) is 10.5 Å². The lowest BCUT2D eigenvalue weighted by molar-refractivity contribution is -0.384. The lowest BCUT2D eigenvalue weighted by atomic mass is 10.1. The zero-order valence-corrected chi connectivity index (χ0v) is 16.3.